The van der Waals surface area contributed by atoms with E-state index in [2.05, 4.69) is 40.0 Å². The number of piperidine rings is 2. The number of aromatic nitrogens is 1. The number of hydrogen-bond acceptors (Lipinski definition) is 5. The van der Waals surface area contributed by atoms with E-state index < -0.39 is 0 Å². The summed E-state index contributed by atoms with van der Waals surface area (Å²) in [6.07, 6.45) is 2.15. The van der Waals surface area contributed by atoms with Crippen molar-refractivity contribution in [2.75, 3.05) is 36.4 Å². The van der Waals surface area contributed by atoms with Gasteiger partial charge in [0.15, 0.2) is 10.4 Å². The van der Waals surface area contributed by atoms with Crippen LogP contribution in [0.15, 0.2) is 62.4 Å². The molecule has 2 fully saturated rings. The molecule has 1 aromatic carbocycles. The molecule has 0 unspecified atom stereocenters. The van der Waals surface area contributed by atoms with Crippen LogP contribution in [0.25, 0.3) is 0 Å². The van der Waals surface area contributed by atoms with Crippen molar-refractivity contribution in [1.82, 2.24) is 9.47 Å². The number of nitrogens with zero attached hydrogens (tertiary/aromatic N) is 3. The molecule has 0 spiro atoms. The Morgan fingerprint density at radius 2 is 1.74 bits per heavy atom. The lowest BCUT2D eigenvalue weighted by atomic mass is 9.83. The van der Waals surface area contributed by atoms with E-state index in [1.807, 2.05) is 33.7 Å². The molecule has 6 rings (SSSR count). The van der Waals surface area contributed by atoms with Gasteiger partial charge in [0.05, 0.1) is 11.4 Å². The van der Waals surface area contributed by atoms with Crippen LogP contribution in [0.5, 0.6) is 0 Å². The maximum atomic E-state index is 13.6. The maximum absolute atomic E-state index is 13.6. The van der Waals surface area contributed by atoms with Crippen molar-refractivity contribution in [3.05, 3.63) is 80.6 Å². The van der Waals surface area contributed by atoms with Crippen molar-refractivity contribution in [1.29, 1.82) is 0 Å². The monoisotopic (exact) mass is 592 g/mol. The van der Waals surface area contributed by atoms with Crippen LogP contribution in [0, 0.1) is 17.8 Å². The van der Waals surface area contributed by atoms with Gasteiger partial charge in [0.25, 0.3) is 17.4 Å². The molecule has 5 heterocycles. The number of anilines is 2. The van der Waals surface area contributed by atoms with E-state index in [0.29, 0.717) is 40.2 Å². The van der Waals surface area contributed by atoms with Crippen molar-refractivity contribution in [3.8, 4) is 0 Å². The zero-order chi connectivity index (χ0) is 27.3. The van der Waals surface area contributed by atoms with Crippen LogP contribution in [0.2, 0.25) is 0 Å². The molecule has 1 N–H and O–H groups in total. The van der Waals surface area contributed by atoms with E-state index >= 15 is 0 Å². The summed E-state index contributed by atoms with van der Waals surface area (Å²) in [5.41, 5.74) is 3.13. The lowest BCUT2D eigenvalue weighted by molar-refractivity contribution is 0.0623. The summed E-state index contributed by atoms with van der Waals surface area (Å²) in [6.45, 7) is 8.02. The second kappa shape index (κ2) is 10.3. The second-order valence-corrected chi connectivity index (χ2v) is 12.3. The first kappa shape index (κ1) is 25.9. The summed E-state index contributed by atoms with van der Waals surface area (Å²) in [4.78, 5) is 43.4. The van der Waals surface area contributed by atoms with Crippen molar-refractivity contribution in [3.63, 3.8) is 0 Å². The zero-order valence-corrected chi connectivity index (χ0v) is 23.8. The highest BCUT2D eigenvalue weighted by atomic mass is 79.9. The van der Waals surface area contributed by atoms with Crippen LogP contribution in [-0.2, 0) is 6.54 Å². The van der Waals surface area contributed by atoms with Crippen LogP contribution >= 0.6 is 15.9 Å². The third kappa shape index (κ3) is 5.16. The highest BCUT2D eigenvalue weighted by Gasteiger charge is 2.36. The third-order valence-corrected chi connectivity index (χ3v) is 8.69. The number of fused-ring (bicyclic) bond motifs is 4. The summed E-state index contributed by atoms with van der Waals surface area (Å²) in [6, 6.07) is 14.4. The Labute approximate surface area is 236 Å². The molecule has 9 heteroatoms. The molecule has 39 heavy (non-hydrogen) atoms. The molecule has 0 aliphatic carbocycles. The van der Waals surface area contributed by atoms with Crippen LogP contribution in [0.3, 0.4) is 0 Å². The Kier molecular flexibility index (Phi) is 6.87. The fraction of sp³-hybridized carbons (Fsp3) is 0.433. The van der Waals surface area contributed by atoms with E-state index in [9.17, 15) is 14.4 Å². The summed E-state index contributed by atoms with van der Waals surface area (Å²) >= 11 is 3.26. The van der Waals surface area contributed by atoms with E-state index in [4.69, 9.17) is 4.42 Å². The van der Waals surface area contributed by atoms with Gasteiger partial charge in [0, 0.05) is 56.0 Å². The van der Waals surface area contributed by atoms with Crippen molar-refractivity contribution < 1.29 is 14.0 Å². The van der Waals surface area contributed by atoms with Crippen molar-refractivity contribution >= 4 is 39.1 Å². The predicted molar refractivity (Wildman–Crippen MR) is 153 cm³/mol. The smallest absolute Gasteiger partial charge is 0.291 e. The first-order valence-electron chi connectivity index (χ1n) is 13.7. The number of carbonyl (C=O) groups excluding carboxylic acids is 2. The number of carbonyl (C=O) groups is 2. The second-order valence-electron chi connectivity index (χ2n) is 11.5. The highest BCUT2D eigenvalue weighted by Crippen LogP contribution is 2.39. The van der Waals surface area contributed by atoms with Gasteiger partial charge in [-0.05, 0) is 82.9 Å². The standard InChI is InChI=1S/C30H33BrN4O4/c1-18-10-19(2)14-34(13-18)30(38)21-6-7-25(23(12-21)32-29(37)26-8-9-27(31)39-26)33-15-20-11-22(17-33)24-4-3-5-28(36)35(24)16-20/h3-9,12,18-20,22H,10-11,13-17H2,1-2H3,(H,32,37)/t18-,19+,20-,22+/m1/s1. The van der Waals surface area contributed by atoms with E-state index in [-0.39, 0.29) is 29.1 Å². The fourth-order valence-corrected chi connectivity index (χ4v) is 7.08. The Bertz CT molecular complexity index is 1470. The largest absolute Gasteiger partial charge is 0.444 e. The molecule has 8 nitrogen and oxygen atoms in total. The Morgan fingerprint density at radius 3 is 2.49 bits per heavy atom. The Balaban J connectivity index is 1.33. The topological polar surface area (TPSA) is 87.8 Å². The Hall–Kier alpha value is -3.33. The molecular formula is C30H33BrN4O4. The minimum atomic E-state index is -0.374. The molecule has 0 radical (unpaired) electrons. The molecule has 0 saturated carbocycles. The van der Waals surface area contributed by atoms with E-state index in [0.717, 1.165) is 50.4 Å². The number of benzene rings is 1. The van der Waals surface area contributed by atoms with Gasteiger partial charge in [0.1, 0.15) is 0 Å². The molecule has 3 aliphatic heterocycles. The molecule has 204 valence electrons. The molecule has 2 saturated heterocycles. The number of amides is 2. The number of likely N-dealkylation sites (tertiary alicyclic amines) is 1. The number of nitrogens with one attached hydrogen (secondary N) is 1. The lowest BCUT2D eigenvalue weighted by Crippen LogP contribution is -2.47. The normalized spacial score (nSPS) is 24.3. The average Bonchev–Trinajstić information content (AvgIpc) is 3.34. The first-order chi connectivity index (χ1) is 18.7. The van der Waals surface area contributed by atoms with Gasteiger partial charge in [-0.2, -0.15) is 0 Å². The van der Waals surface area contributed by atoms with Gasteiger partial charge in [-0.3, -0.25) is 14.4 Å². The fourth-order valence-electron chi connectivity index (χ4n) is 6.77. The predicted octanol–water partition coefficient (Wildman–Crippen LogP) is 5.20. The number of pyridine rings is 1. The number of hydrogen-bond donors (Lipinski definition) is 1. The van der Waals surface area contributed by atoms with Crippen molar-refractivity contribution in [2.45, 2.75) is 39.2 Å². The third-order valence-electron chi connectivity index (χ3n) is 8.27. The van der Waals surface area contributed by atoms with Gasteiger partial charge < -0.3 is 24.1 Å². The number of rotatable bonds is 4. The first-order valence-corrected chi connectivity index (χ1v) is 14.5. The van der Waals surface area contributed by atoms with Crippen LogP contribution < -0.4 is 15.8 Å². The average molecular weight is 594 g/mol. The highest BCUT2D eigenvalue weighted by molar-refractivity contribution is 9.10. The van der Waals surface area contributed by atoms with Gasteiger partial charge in [-0.25, -0.2) is 0 Å². The van der Waals surface area contributed by atoms with Gasteiger partial charge in [-0.1, -0.05) is 19.9 Å². The van der Waals surface area contributed by atoms with Crippen LogP contribution in [0.1, 0.15) is 59.2 Å². The number of halogens is 1. The SMILES string of the molecule is C[C@@H]1C[C@H](C)CN(C(=O)c2ccc(N3C[C@H]4C[C@@H](C3)c3cccc(=O)n3C4)c(NC(=O)c3ccc(Br)o3)c2)C1. The summed E-state index contributed by atoms with van der Waals surface area (Å²) in [7, 11) is 0. The zero-order valence-electron chi connectivity index (χ0n) is 22.2. The number of furan rings is 1. The van der Waals surface area contributed by atoms with Crippen LogP contribution in [-0.4, -0.2) is 47.5 Å². The molecule has 4 atom stereocenters. The maximum Gasteiger partial charge on any atom is 0.291 e. The molecular weight excluding hydrogens is 560 g/mol. The van der Waals surface area contributed by atoms with E-state index in [1.165, 1.54) is 0 Å². The summed E-state index contributed by atoms with van der Waals surface area (Å²) in [5, 5.41) is 3.03. The summed E-state index contributed by atoms with van der Waals surface area (Å²) in [5.74, 6) is 1.24. The summed E-state index contributed by atoms with van der Waals surface area (Å²) < 4.78 is 7.88. The Morgan fingerprint density at radius 1 is 0.949 bits per heavy atom. The molecule has 3 aromatic rings. The molecule has 3 aliphatic rings. The molecule has 2 bridgehead atoms. The van der Waals surface area contributed by atoms with Gasteiger partial charge in [0.2, 0.25) is 0 Å². The minimum Gasteiger partial charge on any atom is -0.444 e. The van der Waals surface area contributed by atoms with Gasteiger partial charge >= 0.3 is 0 Å². The molecule has 2 amide bonds. The van der Waals surface area contributed by atoms with Crippen molar-refractivity contribution in [2.24, 2.45) is 17.8 Å². The van der Waals surface area contributed by atoms with Crippen LogP contribution in [0.4, 0.5) is 11.4 Å². The van der Waals surface area contributed by atoms with E-state index in [1.54, 1.807) is 24.3 Å². The lowest BCUT2D eigenvalue weighted by Gasteiger charge is -2.44. The quantitative estimate of drug-likeness (QED) is 0.450. The minimum absolute atomic E-state index is 0.0139. The molecule has 2 aromatic heterocycles. The van der Waals surface area contributed by atoms with Gasteiger partial charge in [-0.15, -0.1) is 0 Å².